The van der Waals surface area contributed by atoms with Crippen molar-refractivity contribution in [3.05, 3.63) is 82.8 Å². The molecule has 8 nitrogen and oxygen atoms in total. The minimum Gasteiger partial charge on any atom is -0.365 e. The Labute approximate surface area is 206 Å². The average Bonchev–Trinajstić information content (AvgIpc) is 3.44. The van der Waals surface area contributed by atoms with Gasteiger partial charge in [0.05, 0.1) is 22.1 Å². The first-order chi connectivity index (χ1) is 16.8. The van der Waals surface area contributed by atoms with Crippen LogP contribution in [0.4, 0.5) is 10.8 Å². The van der Waals surface area contributed by atoms with Crippen molar-refractivity contribution < 1.29 is 9.59 Å². The third-order valence-electron chi connectivity index (χ3n) is 6.14. The Morgan fingerprint density at radius 2 is 1.77 bits per heavy atom. The van der Waals surface area contributed by atoms with Crippen molar-refractivity contribution in [2.75, 3.05) is 4.90 Å². The second-order valence-electron chi connectivity index (χ2n) is 8.40. The molecule has 0 atom stereocenters. The standard InChI is InChI=1S/C26H24N6O2S/c1-15-8-4-6-10-21(15)31(26-30-20-9-5-7-11-22(20)35-26)23(33)13-12-18-16(2)29-25-19(24(27)34)14-28-32(25)17(18)3/h4-11,14H,12-13H2,1-3H3,(H2,27,34). The lowest BCUT2D eigenvalue weighted by molar-refractivity contribution is -0.117. The van der Waals surface area contributed by atoms with E-state index in [-0.39, 0.29) is 17.9 Å². The van der Waals surface area contributed by atoms with Crippen molar-refractivity contribution in [3.8, 4) is 0 Å². The topological polar surface area (TPSA) is 106 Å². The Balaban J connectivity index is 1.50. The van der Waals surface area contributed by atoms with E-state index in [0.29, 0.717) is 17.2 Å². The van der Waals surface area contributed by atoms with Crippen LogP contribution in [0.15, 0.2) is 54.7 Å². The maximum absolute atomic E-state index is 13.7. The van der Waals surface area contributed by atoms with Crippen LogP contribution in [0.1, 0.15) is 39.3 Å². The summed E-state index contributed by atoms with van der Waals surface area (Å²) < 4.78 is 2.64. The zero-order valence-corrected chi connectivity index (χ0v) is 20.5. The van der Waals surface area contributed by atoms with E-state index in [1.54, 1.807) is 9.42 Å². The quantitative estimate of drug-likeness (QED) is 0.377. The highest BCUT2D eigenvalue weighted by atomic mass is 32.1. The number of carbonyl (C=O) groups is 2. The lowest BCUT2D eigenvalue weighted by atomic mass is 10.1. The molecule has 0 fully saturated rings. The molecule has 2 N–H and O–H groups in total. The van der Waals surface area contributed by atoms with E-state index in [0.717, 1.165) is 38.4 Å². The molecule has 2 amide bonds. The summed E-state index contributed by atoms with van der Waals surface area (Å²) in [5, 5.41) is 4.93. The van der Waals surface area contributed by atoms with Gasteiger partial charge in [0.2, 0.25) is 5.91 Å². The van der Waals surface area contributed by atoms with Crippen LogP contribution in [0.25, 0.3) is 15.9 Å². The van der Waals surface area contributed by atoms with Crippen LogP contribution in [-0.4, -0.2) is 31.4 Å². The van der Waals surface area contributed by atoms with E-state index >= 15 is 0 Å². The molecule has 0 aliphatic rings. The van der Waals surface area contributed by atoms with E-state index in [2.05, 4.69) is 10.1 Å². The Morgan fingerprint density at radius 3 is 2.51 bits per heavy atom. The number of rotatable bonds is 6. The number of fused-ring (bicyclic) bond motifs is 2. The number of benzene rings is 2. The molecule has 5 rings (SSSR count). The molecule has 0 spiro atoms. The second kappa shape index (κ2) is 8.92. The molecule has 3 aromatic heterocycles. The minimum absolute atomic E-state index is 0.0597. The summed E-state index contributed by atoms with van der Waals surface area (Å²) >= 11 is 1.50. The van der Waals surface area contributed by atoms with Gasteiger partial charge in [0, 0.05) is 17.8 Å². The number of hydrogen-bond acceptors (Lipinski definition) is 6. The van der Waals surface area contributed by atoms with Crippen molar-refractivity contribution in [1.82, 2.24) is 19.6 Å². The van der Waals surface area contributed by atoms with E-state index in [1.165, 1.54) is 17.5 Å². The fourth-order valence-electron chi connectivity index (χ4n) is 4.30. The van der Waals surface area contributed by atoms with Crippen LogP contribution in [0.3, 0.4) is 0 Å². The normalized spacial score (nSPS) is 11.3. The van der Waals surface area contributed by atoms with E-state index in [9.17, 15) is 9.59 Å². The lowest BCUT2D eigenvalue weighted by Gasteiger charge is -2.22. The number of amides is 2. The Kier molecular flexibility index (Phi) is 5.78. The van der Waals surface area contributed by atoms with Crippen LogP contribution in [-0.2, 0) is 11.2 Å². The van der Waals surface area contributed by atoms with Crippen LogP contribution >= 0.6 is 11.3 Å². The predicted molar refractivity (Wildman–Crippen MR) is 137 cm³/mol. The minimum atomic E-state index is -0.570. The maximum atomic E-state index is 13.7. The summed E-state index contributed by atoms with van der Waals surface area (Å²) in [4.78, 5) is 36.5. The second-order valence-corrected chi connectivity index (χ2v) is 9.41. The number of aromatic nitrogens is 4. The predicted octanol–water partition coefficient (Wildman–Crippen LogP) is 4.66. The number of nitrogens with zero attached hydrogens (tertiary/aromatic N) is 5. The molecule has 3 heterocycles. The maximum Gasteiger partial charge on any atom is 0.254 e. The number of primary amides is 1. The molecule has 0 aliphatic carbocycles. The summed E-state index contributed by atoms with van der Waals surface area (Å²) in [5.41, 5.74) is 11.3. The van der Waals surface area contributed by atoms with E-state index in [4.69, 9.17) is 10.7 Å². The largest absolute Gasteiger partial charge is 0.365 e. The van der Waals surface area contributed by atoms with Crippen molar-refractivity contribution in [2.24, 2.45) is 5.73 Å². The number of para-hydroxylation sites is 2. The Hall–Kier alpha value is -4.11. The zero-order valence-electron chi connectivity index (χ0n) is 19.6. The molecule has 0 saturated carbocycles. The molecule has 176 valence electrons. The van der Waals surface area contributed by atoms with Gasteiger partial charge in [0.15, 0.2) is 10.8 Å². The smallest absolute Gasteiger partial charge is 0.254 e. The molecule has 0 radical (unpaired) electrons. The highest BCUT2D eigenvalue weighted by molar-refractivity contribution is 7.22. The molecular formula is C26H24N6O2S. The number of hydrogen-bond donors (Lipinski definition) is 1. The highest BCUT2D eigenvalue weighted by Crippen LogP contribution is 2.35. The summed E-state index contributed by atoms with van der Waals surface area (Å²) in [6, 6.07) is 15.7. The molecule has 0 bridgehead atoms. The number of aryl methyl sites for hydroxylation is 3. The van der Waals surface area contributed by atoms with Gasteiger partial charge in [-0.05, 0) is 56.5 Å². The van der Waals surface area contributed by atoms with Crippen LogP contribution in [0.5, 0.6) is 0 Å². The van der Waals surface area contributed by atoms with Crippen molar-refractivity contribution in [1.29, 1.82) is 0 Å². The van der Waals surface area contributed by atoms with Gasteiger partial charge in [-0.25, -0.2) is 14.5 Å². The molecule has 0 aliphatic heterocycles. The first kappa shape index (κ1) is 22.7. The van der Waals surface area contributed by atoms with Crippen molar-refractivity contribution >= 4 is 49.8 Å². The monoisotopic (exact) mass is 484 g/mol. The molecular weight excluding hydrogens is 460 g/mol. The van der Waals surface area contributed by atoms with Gasteiger partial charge in [-0.15, -0.1) is 0 Å². The Morgan fingerprint density at radius 1 is 1.03 bits per heavy atom. The molecule has 0 saturated heterocycles. The summed E-state index contributed by atoms with van der Waals surface area (Å²) in [6.45, 7) is 5.77. The van der Waals surface area contributed by atoms with Gasteiger partial charge in [-0.3, -0.25) is 14.5 Å². The molecule has 5 aromatic rings. The van der Waals surface area contributed by atoms with Gasteiger partial charge in [-0.1, -0.05) is 41.7 Å². The highest BCUT2D eigenvalue weighted by Gasteiger charge is 2.24. The van der Waals surface area contributed by atoms with Gasteiger partial charge < -0.3 is 5.73 Å². The average molecular weight is 485 g/mol. The summed E-state index contributed by atoms with van der Waals surface area (Å²) in [5.74, 6) is -0.630. The first-order valence-electron chi connectivity index (χ1n) is 11.2. The van der Waals surface area contributed by atoms with Crippen LogP contribution in [0.2, 0.25) is 0 Å². The number of thiazole rings is 1. The molecule has 2 aromatic carbocycles. The first-order valence-corrected chi connectivity index (χ1v) is 12.0. The molecule has 9 heteroatoms. The van der Waals surface area contributed by atoms with Crippen LogP contribution < -0.4 is 10.6 Å². The third-order valence-corrected chi connectivity index (χ3v) is 7.16. The van der Waals surface area contributed by atoms with Crippen LogP contribution in [0, 0.1) is 20.8 Å². The van der Waals surface area contributed by atoms with E-state index < -0.39 is 5.91 Å². The number of carbonyl (C=O) groups excluding carboxylic acids is 2. The lowest BCUT2D eigenvalue weighted by Crippen LogP contribution is -2.27. The summed E-state index contributed by atoms with van der Waals surface area (Å²) in [6.07, 6.45) is 2.15. The van der Waals surface area contributed by atoms with E-state index in [1.807, 2.05) is 69.3 Å². The van der Waals surface area contributed by atoms with Gasteiger partial charge in [-0.2, -0.15) is 5.10 Å². The Bertz CT molecular complexity index is 1570. The number of nitrogens with two attached hydrogens (primary N) is 1. The van der Waals surface area contributed by atoms with Gasteiger partial charge in [0.1, 0.15) is 5.56 Å². The zero-order chi connectivity index (χ0) is 24.7. The number of anilines is 2. The van der Waals surface area contributed by atoms with Gasteiger partial charge >= 0.3 is 0 Å². The fourth-order valence-corrected chi connectivity index (χ4v) is 5.30. The third kappa shape index (κ3) is 4.04. The molecule has 35 heavy (non-hydrogen) atoms. The SMILES string of the molecule is Cc1ccccc1N(C(=O)CCc1c(C)nc2c(C(N)=O)cnn2c1C)c1nc2ccccc2s1. The summed E-state index contributed by atoms with van der Waals surface area (Å²) in [7, 11) is 0. The van der Waals surface area contributed by atoms with Gasteiger partial charge in [0.25, 0.3) is 5.91 Å². The fraction of sp³-hybridized carbons (Fsp3) is 0.192. The molecule has 0 unspecified atom stereocenters. The van der Waals surface area contributed by atoms with Crippen molar-refractivity contribution in [3.63, 3.8) is 0 Å². The van der Waals surface area contributed by atoms with Crippen molar-refractivity contribution in [2.45, 2.75) is 33.6 Å².